The fourth-order valence-electron chi connectivity index (χ4n) is 3.54. The second-order valence-electron chi connectivity index (χ2n) is 6.99. The highest BCUT2D eigenvalue weighted by Crippen LogP contribution is 2.28. The molecule has 7 heteroatoms. The largest absolute Gasteiger partial charge is 0.472 e. The van der Waals surface area contributed by atoms with Crippen molar-refractivity contribution in [3.63, 3.8) is 0 Å². The van der Waals surface area contributed by atoms with E-state index in [2.05, 4.69) is 10.2 Å². The minimum Gasteiger partial charge on any atom is -0.472 e. The molecule has 2 aromatic rings. The SMILES string of the molecule is Cc1cc(C)c(S(=O)(=O)N2CCCC(Oc3ccc(C)nn3)C2)c(C)c1. The van der Waals surface area contributed by atoms with Crippen LogP contribution >= 0.6 is 0 Å². The molecule has 0 N–H and O–H groups in total. The Bertz CT molecular complexity index is 872. The number of nitrogens with zero attached hydrogens (tertiary/aromatic N) is 3. The second-order valence-corrected chi connectivity index (χ2v) is 8.86. The van der Waals surface area contributed by atoms with Gasteiger partial charge in [-0.2, -0.15) is 9.40 Å². The Balaban J connectivity index is 1.81. The number of hydrogen-bond donors (Lipinski definition) is 0. The van der Waals surface area contributed by atoms with Gasteiger partial charge in [0.05, 0.1) is 17.1 Å². The Morgan fingerprint density at radius 2 is 1.77 bits per heavy atom. The van der Waals surface area contributed by atoms with Crippen LogP contribution in [-0.2, 0) is 10.0 Å². The van der Waals surface area contributed by atoms with Crippen LogP contribution in [0.1, 0.15) is 35.2 Å². The quantitative estimate of drug-likeness (QED) is 0.821. The molecule has 0 saturated carbocycles. The van der Waals surface area contributed by atoms with Crippen LogP contribution in [-0.4, -0.2) is 42.1 Å². The molecule has 2 heterocycles. The van der Waals surface area contributed by atoms with Gasteiger partial charge in [-0.25, -0.2) is 8.42 Å². The van der Waals surface area contributed by atoms with Crippen LogP contribution in [0.4, 0.5) is 0 Å². The van der Waals surface area contributed by atoms with Crippen LogP contribution < -0.4 is 4.74 Å². The summed E-state index contributed by atoms with van der Waals surface area (Å²) in [4.78, 5) is 0.416. The summed E-state index contributed by atoms with van der Waals surface area (Å²) in [6.45, 7) is 8.38. The van der Waals surface area contributed by atoms with Crippen molar-refractivity contribution in [1.82, 2.24) is 14.5 Å². The third-order valence-corrected chi connectivity index (χ3v) is 6.78. The molecule has 1 saturated heterocycles. The van der Waals surface area contributed by atoms with Crippen LogP contribution in [0.25, 0.3) is 0 Å². The van der Waals surface area contributed by atoms with E-state index in [9.17, 15) is 8.42 Å². The first-order valence-corrected chi connectivity index (χ1v) is 10.3. The molecule has 0 aliphatic carbocycles. The van der Waals surface area contributed by atoms with Crippen molar-refractivity contribution in [2.24, 2.45) is 0 Å². The zero-order valence-corrected chi connectivity index (χ0v) is 16.5. The Hall–Kier alpha value is -1.99. The average Bonchev–Trinajstić information content (AvgIpc) is 2.56. The standard InChI is InChI=1S/C19H25N3O3S/c1-13-10-14(2)19(15(3)11-13)26(23,24)22-9-5-6-17(12-22)25-18-8-7-16(4)20-21-18/h7-8,10-11,17H,5-6,9,12H2,1-4H3. The molecule has 3 rings (SSSR count). The Morgan fingerprint density at radius 1 is 1.08 bits per heavy atom. The Kier molecular flexibility index (Phi) is 5.29. The van der Waals surface area contributed by atoms with Gasteiger partial charge in [0.1, 0.15) is 6.10 Å². The molecule has 0 spiro atoms. The van der Waals surface area contributed by atoms with E-state index in [0.29, 0.717) is 23.9 Å². The van der Waals surface area contributed by atoms with E-state index >= 15 is 0 Å². The van der Waals surface area contributed by atoms with Gasteiger partial charge >= 0.3 is 0 Å². The summed E-state index contributed by atoms with van der Waals surface area (Å²) in [5, 5.41) is 8.00. The van der Waals surface area contributed by atoms with Crippen LogP contribution in [0.2, 0.25) is 0 Å². The fraction of sp³-hybridized carbons (Fsp3) is 0.474. The van der Waals surface area contributed by atoms with E-state index in [1.165, 1.54) is 4.31 Å². The van der Waals surface area contributed by atoms with Gasteiger partial charge in [-0.15, -0.1) is 5.10 Å². The molecule has 1 atom stereocenters. The zero-order chi connectivity index (χ0) is 18.9. The van der Waals surface area contributed by atoms with Crippen LogP contribution in [0.15, 0.2) is 29.2 Å². The summed E-state index contributed by atoms with van der Waals surface area (Å²) in [5.41, 5.74) is 3.46. The number of sulfonamides is 1. The predicted molar refractivity (Wildman–Crippen MR) is 99.8 cm³/mol. The first-order valence-electron chi connectivity index (χ1n) is 8.82. The summed E-state index contributed by atoms with van der Waals surface area (Å²) < 4.78 is 33.9. The summed E-state index contributed by atoms with van der Waals surface area (Å²) in [6, 6.07) is 7.43. The Labute approximate surface area is 155 Å². The number of aromatic nitrogens is 2. The van der Waals surface area contributed by atoms with E-state index in [4.69, 9.17) is 4.74 Å². The molecule has 1 aromatic carbocycles. The van der Waals surface area contributed by atoms with Gasteiger partial charge in [0.2, 0.25) is 15.9 Å². The monoisotopic (exact) mass is 375 g/mol. The molecule has 1 aromatic heterocycles. The molecular weight excluding hydrogens is 350 g/mol. The van der Waals surface area contributed by atoms with Crippen molar-refractivity contribution in [3.05, 3.63) is 46.6 Å². The van der Waals surface area contributed by atoms with Gasteiger partial charge < -0.3 is 4.74 Å². The Morgan fingerprint density at radius 3 is 2.38 bits per heavy atom. The molecular formula is C19H25N3O3S. The van der Waals surface area contributed by atoms with Crippen molar-refractivity contribution in [2.75, 3.05) is 13.1 Å². The maximum Gasteiger partial charge on any atom is 0.243 e. The smallest absolute Gasteiger partial charge is 0.243 e. The average molecular weight is 375 g/mol. The van der Waals surface area contributed by atoms with Crippen LogP contribution in [0.5, 0.6) is 5.88 Å². The van der Waals surface area contributed by atoms with Crippen LogP contribution in [0.3, 0.4) is 0 Å². The summed E-state index contributed by atoms with van der Waals surface area (Å²) in [6.07, 6.45) is 1.34. The van der Waals surface area contributed by atoms with Gasteiger partial charge in [-0.1, -0.05) is 17.7 Å². The first kappa shape index (κ1) is 18.8. The third-order valence-electron chi connectivity index (χ3n) is 4.60. The summed E-state index contributed by atoms with van der Waals surface area (Å²) in [5.74, 6) is 0.433. The molecule has 0 amide bonds. The maximum atomic E-state index is 13.2. The van der Waals surface area contributed by atoms with E-state index in [1.807, 2.05) is 45.9 Å². The van der Waals surface area contributed by atoms with E-state index in [-0.39, 0.29) is 6.10 Å². The van der Waals surface area contributed by atoms with Crippen molar-refractivity contribution in [2.45, 2.75) is 51.5 Å². The zero-order valence-electron chi connectivity index (χ0n) is 15.7. The normalized spacial score (nSPS) is 18.7. The van der Waals surface area contributed by atoms with Gasteiger partial charge in [-0.3, -0.25) is 0 Å². The highest BCUT2D eigenvalue weighted by Gasteiger charge is 2.33. The highest BCUT2D eigenvalue weighted by atomic mass is 32.2. The van der Waals surface area contributed by atoms with Gasteiger partial charge in [-0.05, 0) is 57.7 Å². The van der Waals surface area contributed by atoms with Crippen molar-refractivity contribution < 1.29 is 13.2 Å². The molecule has 6 nitrogen and oxygen atoms in total. The first-order chi connectivity index (χ1) is 12.3. The van der Waals surface area contributed by atoms with Crippen LogP contribution in [0, 0.1) is 27.7 Å². The molecule has 26 heavy (non-hydrogen) atoms. The lowest BCUT2D eigenvalue weighted by Crippen LogP contribution is -2.44. The van der Waals surface area contributed by atoms with Gasteiger partial charge in [0.15, 0.2) is 0 Å². The molecule has 140 valence electrons. The number of aryl methyl sites for hydroxylation is 4. The number of benzene rings is 1. The van der Waals surface area contributed by atoms with E-state index in [0.717, 1.165) is 35.2 Å². The van der Waals surface area contributed by atoms with Crippen molar-refractivity contribution >= 4 is 10.0 Å². The molecule has 1 aliphatic heterocycles. The lowest BCUT2D eigenvalue weighted by molar-refractivity contribution is 0.123. The molecule has 1 aliphatic rings. The number of ether oxygens (including phenoxy) is 1. The van der Waals surface area contributed by atoms with Crippen molar-refractivity contribution in [3.8, 4) is 5.88 Å². The third kappa shape index (κ3) is 3.88. The lowest BCUT2D eigenvalue weighted by Gasteiger charge is -2.32. The van der Waals surface area contributed by atoms with Gasteiger partial charge in [0, 0.05) is 12.6 Å². The molecule has 1 fully saturated rings. The van der Waals surface area contributed by atoms with E-state index < -0.39 is 10.0 Å². The maximum absolute atomic E-state index is 13.2. The molecule has 1 unspecified atom stereocenters. The predicted octanol–water partition coefficient (Wildman–Crippen LogP) is 2.94. The topological polar surface area (TPSA) is 72.4 Å². The lowest BCUT2D eigenvalue weighted by atomic mass is 10.1. The van der Waals surface area contributed by atoms with E-state index in [1.54, 1.807) is 6.07 Å². The minimum atomic E-state index is -3.55. The van der Waals surface area contributed by atoms with Crippen molar-refractivity contribution in [1.29, 1.82) is 0 Å². The summed E-state index contributed by atoms with van der Waals surface area (Å²) >= 11 is 0. The fourth-order valence-corrected chi connectivity index (χ4v) is 5.46. The molecule has 0 radical (unpaired) electrons. The number of rotatable bonds is 4. The highest BCUT2D eigenvalue weighted by molar-refractivity contribution is 7.89. The second kappa shape index (κ2) is 7.32. The number of piperidine rings is 1. The molecule has 0 bridgehead atoms. The number of hydrogen-bond acceptors (Lipinski definition) is 5. The van der Waals surface area contributed by atoms with Gasteiger partial charge in [0.25, 0.3) is 0 Å². The minimum absolute atomic E-state index is 0.221. The summed E-state index contributed by atoms with van der Waals surface area (Å²) in [7, 11) is -3.55.